The van der Waals surface area contributed by atoms with Gasteiger partial charge in [0.1, 0.15) is 0 Å². The first-order chi connectivity index (χ1) is 5.74. The van der Waals surface area contributed by atoms with E-state index in [1.165, 1.54) is 0 Å². The van der Waals surface area contributed by atoms with E-state index in [1.54, 1.807) is 17.2 Å². The number of nitrogens with one attached hydrogen (secondary N) is 2. The van der Waals surface area contributed by atoms with Gasteiger partial charge in [-0.1, -0.05) is 0 Å². The van der Waals surface area contributed by atoms with Gasteiger partial charge in [-0.25, -0.2) is 5.84 Å². The van der Waals surface area contributed by atoms with Crippen molar-refractivity contribution in [1.29, 1.82) is 0 Å². The number of carbonyl (C=O) groups excluding carboxylic acids is 2. The third kappa shape index (κ3) is 2.38. The molecule has 0 bridgehead atoms. The van der Waals surface area contributed by atoms with Crippen LogP contribution < -0.4 is 16.6 Å². The number of rotatable bonds is 1. The smallest absolute Gasteiger partial charge is 0.323 e. The van der Waals surface area contributed by atoms with E-state index in [0.717, 1.165) is 17.9 Å². The lowest BCUT2D eigenvalue weighted by molar-refractivity contribution is -0.139. The van der Waals surface area contributed by atoms with Crippen LogP contribution in [0.3, 0.4) is 0 Å². The third-order valence-electron chi connectivity index (χ3n) is 1.60. The van der Waals surface area contributed by atoms with Crippen LogP contribution in [0.4, 0.5) is 0 Å². The van der Waals surface area contributed by atoms with Crippen LogP contribution in [0.1, 0.15) is 6.42 Å². The maximum absolute atomic E-state index is 10.9. The number of amides is 2. The van der Waals surface area contributed by atoms with Crippen LogP contribution in [0, 0.1) is 0 Å². The first kappa shape index (κ1) is 9.34. The summed E-state index contributed by atoms with van der Waals surface area (Å²) in [5.74, 6) is 5.26. The minimum atomic E-state index is -0.785. The Labute approximate surface area is 74.4 Å². The summed E-state index contributed by atoms with van der Waals surface area (Å²) in [6.07, 6.45) is 0.925. The van der Waals surface area contributed by atoms with E-state index in [-0.39, 0.29) is 6.04 Å². The van der Waals surface area contributed by atoms with Crippen LogP contribution in [0.5, 0.6) is 0 Å². The molecule has 12 heavy (non-hydrogen) atoms. The normalized spacial score (nSPS) is 21.9. The zero-order valence-electron chi connectivity index (χ0n) is 6.50. The summed E-state index contributed by atoms with van der Waals surface area (Å²) >= 11 is 1.77. The summed E-state index contributed by atoms with van der Waals surface area (Å²) in [6, 6.07) is 0.125. The molecule has 0 aromatic rings. The molecule has 2 amide bonds. The van der Waals surface area contributed by atoms with E-state index in [0.29, 0.717) is 0 Å². The molecule has 0 spiro atoms. The molecule has 1 atom stereocenters. The zero-order chi connectivity index (χ0) is 8.97. The lowest BCUT2D eigenvalue weighted by atomic mass is 10.2. The van der Waals surface area contributed by atoms with Gasteiger partial charge in [0.05, 0.1) is 0 Å². The van der Waals surface area contributed by atoms with Gasteiger partial charge >= 0.3 is 11.8 Å². The summed E-state index contributed by atoms with van der Waals surface area (Å²) in [5, 5.41) is 2.58. The average Bonchev–Trinajstić information content (AvgIpc) is 2.55. The molecule has 0 radical (unpaired) electrons. The number of hydrazine groups is 1. The Kier molecular flexibility index (Phi) is 3.36. The van der Waals surface area contributed by atoms with Gasteiger partial charge in [0, 0.05) is 11.8 Å². The van der Waals surface area contributed by atoms with Gasteiger partial charge in [0.2, 0.25) is 0 Å². The standard InChI is InChI=1S/C6H11N3O2S/c7-9-6(11)5(10)8-4-1-2-12-3-4/h4H,1-3,7H2,(H,8,10)(H,9,11). The van der Waals surface area contributed by atoms with Crippen LogP contribution in [0.2, 0.25) is 0 Å². The van der Waals surface area contributed by atoms with E-state index < -0.39 is 11.8 Å². The van der Waals surface area contributed by atoms with Crippen LogP contribution in [0.25, 0.3) is 0 Å². The molecule has 1 fully saturated rings. The van der Waals surface area contributed by atoms with E-state index in [9.17, 15) is 9.59 Å². The number of hydrogen-bond donors (Lipinski definition) is 3. The van der Waals surface area contributed by atoms with E-state index in [2.05, 4.69) is 5.32 Å². The first-order valence-electron chi connectivity index (χ1n) is 3.63. The lowest BCUT2D eigenvalue weighted by Gasteiger charge is -2.09. The molecule has 1 heterocycles. The van der Waals surface area contributed by atoms with Crippen molar-refractivity contribution in [2.45, 2.75) is 12.5 Å². The van der Waals surface area contributed by atoms with Crippen LogP contribution in [-0.2, 0) is 9.59 Å². The van der Waals surface area contributed by atoms with E-state index >= 15 is 0 Å². The van der Waals surface area contributed by atoms with Crippen molar-refractivity contribution in [3.63, 3.8) is 0 Å². The van der Waals surface area contributed by atoms with Crippen LogP contribution >= 0.6 is 11.8 Å². The Morgan fingerprint density at radius 3 is 2.67 bits per heavy atom. The Morgan fingerprint density at radius 2 is 2.17 bits per heavy atom. The fraction of sp³-hybridized carbons (Fsp3) is 0.667. The Morgan fingerprint density at radius 1 is 1.42 bits per heavy atom. The second-order valence-corrected chi connectivity index (χ2v) is 3.66. The molecule has 0 aromatic heterocycles. The van der Waals surface area contributed by atoms with Gasteiger partial charge in [-0.15, -0.1) is 0 Å². The SMILES string of the molecule is NNC(=O)C(=O)NC1CCSC1. The second-order valence-electron chi connectivity index (χ2n) is 2.51. The molecule has 1 aliphatic heterocycles. The predicted molar refractivity (Wildman–Crippen MR) is 46.2 cm³/mol. The lowest BCUT2D eigenvalue weighted by Crippen LogP contribution is -2.46. The van der Waals surface area contributed by atoms with Gasteiger partial charge in [-0.3, -0.25) is 15.0 Å². The molecule has 0 aliphatic carbocycles. The number of carbonyl (C=O) groups is 2. The van der Waals surface area contributed by atoms with Crippen LogP contribution in [0.15, 0.2) is 0 Å². The molecule has 1 aliphatic rings. The molecule has 0 aromatic carbocycles. The molecule has 68 valence electrons. The second kappa shape index (κ2) is 4.32. The maximum atomic E-state index is 10.9. The molecule has 1 saturated heterocycles. The van der Waals surface area contributed by atoms with Crippen molar-refractivity contribution in [2.24, 2.45) is 5.84 Å². The van der Waals surface area contributed by atoms with Gasteiger partial charge in [0.25, 0.3) is 0 Å². The third-order valence-corrected chi connectivity index (χ3v) is 2.76. The highest BCUT2D eigenvalue weighted by Gasteiger charge is 2.20. The molecule has 6 heteroatoms. The number of nitrogens with two attached hydrogens (primary N) is 1. The highest BCUT2D eigenvalue weighted by molar-refractivity contribution is 7.99. The zero-order valence-corrected chi connectivity index (χ0v) is 7.32. The fourth-order valence-corrected chi connectivity index (χ4v) is 2.12. The van der Waals surface area contributed by atoms with Crippen molar-refractivity contribution >= 4 is 23.6 Å². The number of hydrogen-bond acceptors (Lipinski definition) is 4. The van der Waals surface area contributed by atoms with Crippen molar-refractivity contribution in [2.75, 3.05) is 11.5 Å². The Balaban J connectivity index is 2.29. The molecular formula is C6H11N3O2S. The molecule has 1 unspecified atom stereocenters. The van der Waals surface area contributed by atoms with E-state index in [4.69, 9.17) is 5.84 Å². The number of thioether (sulfide) groups is 1. The first-order valence-corrected chi connectivity index (χ1v) is 4.78. The summed E-state index contributed by atoms with van der Waals surface area (Å²) < 4.78 is 0. The molecule has 4 N–H and O–H groups in total. The Hall–Kier alpha value is -0.750. The predicted octanol–water partition coefficient (Wildman–Crippen LogP) is -1.40. The van der Waals surface area contributed by atoms with Gasteiger partial charge in [0.15, 0.2) is 0 Å². The fourth-order valence-electron chi connectivity index (χ4n) is 0.965. The minimum Gasteiger partial charge on any atom is -0.344 e. The van der Waals surface area contributed by atoms with Crippen molar-refractivity contribution < 1.29 is 9.59 Å². The Bertz CT molecular complexity index is 191. The van der Waals surface area contributed by atoms with Gasteiger partial charge < -0.3 is 5.32 Å². The highest BCUT2D eigenvalue weighted by Crippen LogP contribution is 2.16. The molecular weight excluding hydrogens is 178 g/mol. The largest absolute Gasteiger partial charge is 0.344 e. The molecule has 0 saturated carbocycles. The molecule has 5 nitrogen and oxygen atoms in total. The quantitative estimate of drug-likeness (QED) is 0.205. The monoisotopic (exact) mass is 189 g/mol. The summed E-state index contributed by atoms with van der Waals surface area (Å²) in [5.41, 5.74) is 1.78. The van der Waals surface area contributed by atoms with Crippen molar-refractivity contribution in [3.8, 4) is 0 Å². The van der Waals surface area contributed by atoms with E-state index in [1.807, 2.05) is 0 Å². The average molecular weight is 189 g/mol. The van der Waals surface area contributed by atoms with Gasteiger partial charge in [-0.05, 0) is 12.2 Å². The summed E-state index contributed by atoms with van der Waals surface area (Å²) in [4.78, 5) is 21.6. The minimum absolute atomic E-state index is 0.125. The van der Waals surface area contributed by atoms with Gasteiger partial charge in [-0.2, -0.15) is 11.8 Å². The molecule has 1 rings (SSSR count). The maximum Gasteiger partial charge on any atom is 0.323 e. The summed E-state index contributed by atoms with van der Waals surface area (Å²) in [7, 11) is 0. The van der Waals surface area contributed by atoms with Crippen LogP contribution in [-0.4, -0.2) is 29.4 Å². The van der Waals surface area contributed by atoms with Crippen molar-refractivity contribution in [3.05, 3.63) is 0 Å². The highest BCUT2D eigenvalue weighted by atomic mass is 32.2. The topological polar surface area (TPSA) is 84.2 Å². The summed E-state index contributed by atoms with van der Waals surface area (Å²) in [6.45, 7) is 0. The van der Waals surface area contributed by atoms with Crippen molar-refractivity contribution in [1.82, 2.24) is 10.7 Å².